The third-order valence-corrected chi connectivity index (χ3v) is 4.25. The SMILES string of the molecule is CC(=O)c1cc(F)ccc1Sc1ncccc1Br. The Bertz CT molecular complexity index is 603. The molecule has 0 aliphatic carbocycles. The van der Waals surface area contributed by atoms with E-state index in [4.69, 9.17) is 0 Å². The van der Waals surface area contributed by atoms with Crippen LogP contribution in [0, 0.1) is 5.82 Å². The number of Topliss-reactive ketones (excluding diaryl/α,β-unsaturated/α-hetero) is 1. The predicted octanol–water partition coefficient (Wildman–Crippen LogP) is 4.34. The van der Waals surface area contributed by atoms with Crippen molar-refractivity contribution < 1.29 is 9.18 Å². The highest BCUT2D eigenvalue weighted by Crippen LogP contribution is 2.33. The van der Waals surface area contributed by atoms with Crippen molar-refractivity contribution in [2.45, 2.75) is 16.8 Å². The summed E-state index contributed by atoms with van der Waals surface area (Å²) in [5.41, 5.74) is 0.373. The maximum atomic E-state index is 13.1. The molecule has 2 nitrogen and oxygen atoms in total. The van der Waals surface area contributed by atoms with Gasteiger partial charge in [-0.15, -0.1) is 0 Å². The monoisotopic (exact) mass is 325 g/mol. The van der Waals surface area contributed by atoms with Gasteiger partial charge in [0.05, 0.1) is 4.47 Å². The Morgan fingerprint density at radius 2 is 2.17 bits per heavy atom. The van der Waals surface area contributed by atoms with Crippen LogP contribution in [-0.2, 0) is 0 Å². The molecule has 92 valence electrons. The van der Waals surface area contributed by atoms with Gasteiger partial charge in [0.2, 0.25) is 0 Å². The molecule has 0 aliphatic heterocycles. The standard InChI is InChI=1S/C13H9BrFNOS/c1-8(17)10-7-9(15)4-5-12(10)18-13-11(14)3-2-6-16-13/h2-7H,1H3. The number of aromatic nitrogens is 1. The molecule has 0 aliphatic rings. The van der Waals surface area contributed by atoms with E-state index < -0.39 is 5.82 Å². The van der Waals surface area contributed by atoms with Crippen molar-refractivity contribution in [3.8, 4) is 0 Å². The van der Waals surface area contributed by atoms with E-state index in [1.165, 1.54) is 30.8 Å². The highest BCUT2D eigenvalue weighted by Gasteiger charge is 2.12. The summed E-state index contributed by atoms with van der Waals surface area (Å²) in [6.45, 7) is 1.42. The molecule has 0 radical (unpaired) electrons. The van der Waals surface area contributed by atoms with Gasteiger partial charge in [0.25, 0.3) is 0 Å². The molecule has 0 atom stereocenters. The van der Waals surface area contributed by atoms with E-state index >= 15 is 0 Å². The minimum Gasteiger partial charge on any atom is -0.294 e. The first-order valence-electron chi connectivity index (χ1n) is 5.17. The van der Waals surface area contributed by atoms with E-state index in [9.17, 15) is 9.18 Å². The molecule has 0 fully saturated rings. The summed E-state index contributed by atoms with van der Waals surface area (Å²) in [5.74, 6) is -0.575. The maximum absolute atomic E-state index is 13.1. The van der Waals surface area contributed by atoms with Gasteiger partial charge in [0.1, 0.15) is 10.8 Å². The van der Waals surface area contributed by atoms with Crippen molar-refractivity contribution in [3.05, 3.63) is 52.4 Å². The number of ketones is 1. The average molecular weight is 326 g/mol. The Morgan fingerprint density at radius 3 is 2.83 bits per heavy atom. The third-order valence-electron chi connectivity index (χ3n) is 2.25. The summed E-state index contributed by atoms with van der Waals surface area (Å²) in [6, 6.07) is 7.86. The van der Waals surface area contributed by atoms with Crippen LogP contribution >= 0.6 is 27.7 Å². The van der Waals surface area contributed by atoms with Gasteiger partial charge in [-0.3, -0.25) is 4.79 Å². The quantitative estimate of drug-likeness (QED) is 0.786. The number of carbonyl (C=O) groups is 1. The van der Waals surface area contributed by atoms with Crippen LogP contribution in [0.25, 0.3) is 0 Å². The molecular weight excluding hydrogens is 317 g/mol. The Hall–Kier alpha value is -1.20. The molecule has 0 saturated carbocycles. The molecule has 1 aromatic carbocycles. The fraction of sp³-hybridized carbons (Fsp3) is 0.0769. The highest BCUT2D eigenvalue weighted by atomic mass is 79.9. The van der Waals surface area contributed by atoms with Gasteiger partial charge in [-0.2, -0.15) is 0 Å². The summed E-state index contributed by atoms with van der Waals surface area (Å²) in [7, 11) is 0. The summed E-state index contributed by atoms with van der Waals surface area (Å²) >= 11 is 4.72. The second-order valence-electron chi connectivity index (χ2n) is 3.59. The summed E-state index contributed by atoms with van der Waals surface area (Å²) in [6.07, 6.45) is 1.67. The number of benzene rings is 1. The topological polar surface area (TPSA) is 30.0 Å². The molecule has 2 aromatic rings. The highest BCUT2D eigenvalue weighted by molar-refractivity contribution is 9.10. The van der Waals surface area contributed by atoms with Crippen molar-refractivity contribution in [1.82, 2.24) is 4.98 Å². The van der Waals surface area contributed by atoms with Crippen LogP contribution in [-0.4, -0.2) is 10.8 Å². The third kappa shape index (κ3) is 2.97. The summed E-state index contributed by atoms with van der Waals surface area (Å²) < 4.78 is 14.0. The molecular formula is C13H9BrFNOS. The van der Waals surface area contributed by atoms with Crippen molar-refractivity contribution in [1.29, 1.82) is 0 Å². The summed E-state index contributed by atoms with van der Waals surface area (Å²) in [5, 5.41) is 0.742. The first-order chi connectivity index (χ1) is 8.58. The fourth-order valence-electron chi connectivity index (χ4n) is 1.42. The van der Waals surface area contributed by atoms with Crippen molar-refractivity contribution in [2.24, 2.45) is 0 Å². The molecule has 0 saturated heterocycles. The minimum absolute atomic E-state index is 0.163. The zero-order valence-electron chi connectivity index (χ0n) is 9.48. The molecule has 0 bridgehead atoms. The van der Waals surface area contributed by atoms with Crippen LogP contribution in [0.1, 0.15) is 17.3 Å². The first kappa shape index (κ1) is 13.2. The van der Waals surface area contributed by atoms with Crippen LogP contribution in [0.2, 0.25) is 0 Å². The number of pyridine rings is 1. The molecule has 2 rings (SSSR count). The number of carbonyl (C=O) groups excluding carboxylic acids is 1. The zero-order valence-corrected chi connectivity index (χ0v) is 11.9. The molecule has 0 amide bonds. The van der Waals surface area contributed by atoms with Crippen molar-refractivity contribution >= 4 is 33.5 Å². The Morgan fingerprint density at radius 1 is 1.39 bits per heavy atom. The zero-order chi connectivity index (χ0) is 13.1. The largest absolute Gasteiger partial charge is 0.294 e. The predicted molar refractivity (Wildman–Crippen MR) is 72.5 cm³/mol. The van der Waals surface area contributed by atoms with Gasteiger partial charge in [0, 0.05) is 16.7 Å². The maximum Gasteiger partial charge on any atom is 0.161 e. The number of halogens is 2. The van der Waals surface area contributed by atoms with Gasteiger partial charge in [0.15, 0.2) is 5.78 Å². The number of hydrogen-bond acceptors (Lipinski definition) is 3. The van der Waals surface area contributed by atoms with Gasteiger partial charge < -0.3 is 0 Å². The number of rotatable bonds is 3. The number of hydrogen-bond donors (Lipinski definition) is 0. The van der Waals surface area contributed by atoms with E-state index in [1.54, 1.807) is 12.3 Å². The van der Waals surface area contributed by atoms with E-state index in [0.717, 1.165) is 9.50 Å². The normalized spacial score (nSPS) is 10.4. The molecule has 0 N–H and O–H groups in total. The molecule has 0 unspecified atom stereocenters. The summed E-state index contributed by atoms with van der Waals surface area (Å²) in [4.78, 5) is 16.4. The van der Waals surface area contributed by atoms with Gasteiger partial charge in [-0.05, 0) is 53.2 Å². The number of nitrogens with zero attached hydrogens (tertiary/aromatic N) is 1. The van der Waals surface area contributed by atoms with Crippen LogP contribution < -0.4 is 0 Å². The molecule has 18 heavy (non-hydrogen) atoms. The lowest BCUT2D eigenvalue weighted by Gasteiger charge is -2.07. The Balaban J connectivity index is 2.41. The minimum atomic E-state index is -0.412. The van der Waals surface area contributed by atoms with E-state index in [2.05, 4.69) is 20.9 Å². The van der Waals surface area contributed by atoms with Crippen molar-refractivity contribution in [2.75, 3.05) is 0 Å². The fourth-order valence-corrected chi connectivity index (χ4v) is 2.85. The van der Waals surface area contributed by atoms with Crippen LogP contribution in [0.15, 0.2) is 50.9 Å². The lowest BCUT2D eigenvalue weighted by molar-refractivity contribution is 0.101. The Labute approximate surface area is 117 Å². The van der Waals surface area contributed by atoms with Crippen LogP contribution in [0.3, 0.4) is 0 Å². The van der Waals surface area contributed by atoms with Gasteiger partial charge >= 0.3 is 0 Å². The molecule has 1 aromatic heterocycles. The Kier molecular flexibility index (Phi) is 4.14. The first-order valence-corrected chi connectivity index (χ1v) is 6.78. The van der Waals surface area contributed by atoms with Gasteiger partial charge in [-0.25, -0.2) is 9.37 Å². The molecule has 0 spiro atoms. The second-order valence-corrected chi connectivity index (χ2v) is 5.47. The van der Waals surface area contributed by atoms with E-state index in [1.807, 2.05) is 12.1 Å². The van der Waals surface area contributed by atoms with E-state index in [-0.39, 0.29) is 5.78 Å². The van der Waals surface area contributed by atoms with Crippen LogP contribution in [0.5, 0.6) is 0 Å². The smallest absolute Gasteiger partial charge is 0.161 e. The molecule has 1 heterocycles. The van der Waals surface area contributed by atoms with Crippen molar-refractivity contribution in [3.63, 3.8) is 0 Å². The van der Waals surface area contributed by atoms with E-state index in [0.29, 0.717) is 10.5 Å². The average Bonchev–Trinajstić information content (AvgIpc) is 2.34. The second kappa shape index (κ2) is 5.63. The van der Waals surface area contributed by atoms with Crippen LogP contribution in [0.4, 0.5) is 4.39 Å². The van der Waals surface area contributed by atoms with Gasteiger partial charge in [-0.1, -0.05) is 11.8 Å². The molecule has 5 heteroatoms. The lowest BCUT2D eigenvalue weighted by atomic mass is 10.1. The lowest BCUT2D eigenvalue weighted by Crippen LogP contribution is -1.96.